The summed E-state index contributed by atoms with van der Waals surface area (Å²) in [6.45, 7) is 1.64. The number of hydrogen-bond acceptors (Lipinski definition) is 4. The summed E-state index contributed by atoms with van der Waals surface area (Å²) in [5.74, 6) is 0.283. The lowest BCUT2D eigenvalue weighted by molar-refractivity contribution is 0.168. The quantitative estimate of drug-likeness (QED) is 0.888. The molecule has 1 aromatic heterocycles. The van der Waals surface area contributed by atoms with Crippen molar-refractivity contribution in [3.63, 3.8) is 0 Å². The van der Waals surface area contributed by atoms with Gasteiger partial charge in [0.05, 0.1) is 17.4 Å². The van der Waals surface area contributed by atoms with E-state index in [-0.39, 0.29) is 11.5 Å². The van der Waals surface area contributed by atoms with Gasteiger partial charge in [0.1, 0.15) is 9.84 Å². The number of hydrogen-bond donors (Lipinski definition) is 1. The highest BCUT2D eigenvalue weighted by molar-refractivity contribution is 7.91. The summed E-state index contributed by atoms with van der Waals surface area (Å²) in [7, 11) is -2.96. The van der Waals surface area contributed by atoms with Gasteiger partial charge in [-0.05, 0) is 30.5 Å². The Morgan fingerprint density at radius 2 is 2.00 bits per heavy atom. The summed E-state index contributed by atoms with van der Waals surface area (Å²) in [5, 5.41) is 11.2. The molecule has 0 bridgehead atoms. The predicted octanol–water partition coefficient (Wildman–Crippen LogP) is 2.48. The normalized spacial score (nSPS) is 13.5. The zero-order chi connectivity index (χ0) is 14.6. The minimum Gasteiger partial charge on any atom is -0.388 e. The highest BCUT2D eigenvalue weighted by atomic mass is 32.2. The Morgan fingerprint density at radius 3 is 2.75 bits per heavy atom. The van der Waals surface area contributed by atoms with Crippen LogP contribution in [-0.2, 0) is 9.84 Å². The van der Waals surface area contributed by atoms with Gasteiger partial charge in [-0.3, -0.25) is 4.98 Å². The van der Waals surface area contributed by atoms with E-state index < -0.39 is 15.9 Å². The van der Waals surface area contributed by atoms with Crippen molar-refractivity contribution in [3.05, 3.63) is 42.1 Å². The SMILES string of the molecule is CCS(=O)(=O)CCCC(O)c1ccnc2ccccc12. The Labute approximate surface area is 119 Å². The van der Waals surface area contributed by atoms with Gasteiger partial charge >= 0.3 is 0 Å². The molecular weight excluding hydrogens is 274 g/mol. The average Bonchev–Trinajstić information content (AvgIpc) is 2.46. The minimum absolute atomic E-state index is 0.129. The Kier molecular flexibility index (Phi) is 4.73. The van der Waals surface area contributed by atoms with Crippen LogP contribution < -0.4 is 0 Å². The fourth-order valence-electron chi connectivity index (χ4n) is 2.20. The largest absolute Gasteiger partial charge is 0.388 e. The fraction of sp³-hybridized carbons (Fsp3) is 0.400. The van der Waals surface area contributed by atoms with Crippen molar-refractivity contribution in [1.82, 2.24) is 4.98 Å². The third-order valence-corrected chi connectivity index (χ3v) is 5.20. The second-order valence-electron chi connectivity index (χ2n) is 4.81. The predicted molar refractivity (Wildman–Crippen MR) is 80.3 cm³/mol. The highest BCUT2D eigenvalue weighted by Crippen LogP contribution is 2.25. The summed E-state index contributed by atoms with van der Waals surface area (Å²) < 4.78 is 22.9. The average molecular weight is 293 g/mol. The van der Waals surface area contributed by atoms with E-state index in [1.54, 1.807) is 19.2 Å². The van der Waals surface area contributed by atoms with Crippen LogP contribution in [-0.4, -0.2) is 30.0 Å². The van der Waals surface area contributed by atoms with Crippen LogP contribution in [0.25, 0.3) is 10.9 Å². The molecular formula is C15H19NO3S. The number of nitrogens with zero attached hydrogens (tertiary/aromatic N) is 1. The summed E-state index contributed by atoms with van der Waals surface area (Å²) in [4.78, 5) is 4.25. The summed E-state index contributed by atoms with van der Waals surface area (Å²) in [5.41, 5.74) is 1.65. The van der Waals surface area contributed by atoms with E-state index >= 15 is 0 Å². The first-order chi connectivity index (χ1) is 9.53. The van der Waals surface area contributed by atoms with E-state index in [1.165, 1.54) is 0 Å². The van der Waals surface area contributed by atoms with Gasteiger partial charge in [0.25, 0.3) is 0 Å². The molecule has 0 spiro atoms. The second kappa shape index (κ2) is 6.33. The zero-order valence-corrected chi connectivity index (χ0v) is 12.3. The molecule has 1 atom stereocenters. The molecule has 1 unspecified atom stereocenters. The monoisotopic (exact) mass is 293 g/mol. The molecule has 1 heterocycles. The first-order valence-corrected chi connectivity index (χ1v) is 8.58. The molecule has 20 heavy (non-hydrogen) atoms. The molecule has 0 aliphatic rings. The number of benzene rings is 1. The van der Waals surface area contributed by atoms with Crippen LogP contribution >= 0.6 is 0 Å². The van der Waals surface area contributed by atoms with Crippen LogP contribution in [0.3, 0.4) is 0 Å². The van der Waals surface area contributed by atoms with E-state index in [1.807, 2.05) is 24.3 Å². The standard InChI is InChI=1S/C15H19NO3S/c1-2-20(18,19)11-5-8-15(17)13-9-10-16-14-7-4-3-6-12(13)14/h3-4,6-7,9-10,15,17H,2,5,8,11H2,1H3. The van der Waals surface area contributed by atoms with Gasteiger partial charge in [0.2, 0.25) is 0 Å². The molecule has 0 aliphatic carbocycles. The van der Waals surface area contributed by atoms with E-state index in [4.69, 9.17) is 0 Å². The smallest absolute Gasteiger partial charge is 0.150 e. The molecule has 0 amide bonds. The Balaban J connectivity index is 2.10. The van der Waals surface area contributed by atoms with Gasteiger partial charge in [-0.25, -0.2) is 8.42 Å². The van der Waals surface area contributed by atoms with Gasteiger partial charge in [-0.1, -0.05) is 25.1 Å². The first kappa shape index (κ1) is 14.9. The maximum absolute atomic E-state index is 11.4. The molecule has 0 saturated carbocycles. The lowest BCUT2D eigenvalue weighted by atomic mass is 10.0. The van der Waals surface area contributed by atoms with Crippen LogP contribution in [0, 0.1) is 0 Å². The van der Waals surface area contributed by atoms with E-state index in [0.29, 0.717) is 12.8 Å². The van der Waals surface area contributed by atoms with Gasteiger partial charge in [0, 0.05) is 17.3 Å². The van der Waals surface area contributed by atoms with E-state index in [2.05, 4.69) is 4.98 Å². The molecule has 0 radical (unpaired) electrons. The topological polar surface area (TPSA) is 67.3 Å². The maximum atomic E-state index is 11.4. The molecule has 2 aromatic rings. The van der Waals surface area contributed by atoms with E-state index in [0.717, 1.165) is 16.5 Å². The number of aliphatic hydroxyl groups excluding tert-OH is 1. The van der Waals surface area contributed by atoms with Crippen LogP contribution in [0.1, 0.15) is 31.4 Å². The molecule has 1 aromatic carbocycles. The van der Waals surface area contributed by atoms with Crippen molar-refractivity contribution in [1.29, 1.82) is 0 Å². The number of fused-ring (bicyclic) bond motifs is 1. The number of sulfone groups is 1. The molecule has 5 heteroatoms. The molecule has 0 aliphatic heterocycles. The molecule has 2 rings (SSSR count). The van der Waals surface area contributed by atoms with E-state index in [9.17, 15) is 13.5 Å². The number of pyridine rings is 1. The zero-order valence-electron chi connectivity index (χ0n) is 11.5. The van der Waals surface area contributed by atoms with Gasteiger partial charge in [0.15, 0.2) is 0 Å². The van der Waals surface area contributed by atoms with Crippen molar-refractivity contribution in [3.8, 4) is 0 Å². The number of aliphatic hydroxyl groups is 1. The lowest BCUT2D eigenvalue weighted by Crippen LogP contribution is -2.10. The Morgan fingerprint density at radius 1 is 1.25 bits per heavy atom. The molecule has 108 valence electrons. The van der Waals surface area contributed by atoms with Crippen LogP contribution in [0.15, 0.2) is 36.5 Å². The van der Waals surface area contributed by atoms with Crippen LogP contribution in [0.4, 0.5) is 0 Å². The van der Waals surface area contributed by atoms with Crippen LogP contribution in [0.2, 0.25) is 0 Å². The molecule has 0 saturated heterocycles. The highest BCUT2D eigenvalue weighted by Gasteiger charge is 2.13. The summed E-state index contributed by atoms with van der Waals surface area (Å²) >= 11 is 0. The fourth-order valence-corrected chi connectivity index (χ4v) is 3.10. The van der Waals surface area contributed by atoms with Crippen molar-refractivity contribution in [2.75, 3.05) is 11.5 Å². The molecule has 0 fully saturated rings. The third kappa shape index (κ3) is 3.55. The molecule has 1 N–H and O–H groups in total. The number of para-hydroxylation sites is 1. The van der Waals surface area contributed by atoms with Gasteiger partial charge < -0.3 is 5.11 Å². The van der Waals surface area contributed by atoms with Crippen molar-refractivity contribution in [2.24, 2.45) is 0 Å². The van der Waals surface area contributed by atoms with Gasteiger partial charge in [-0.2, -0.15) is 0 Å². The lowest BCUT2D eigenvalue weighted by Gasteiger charge is -2.13. The summed E-state index contributed by atoms with van der Waals surface area (Å²) in [6, 6.07) is 9.42. The van der Waals surface area contributed by atoms with Gasteiger partial charge in [-0.15, -0.1) is 0 Å². The Hall–Kier alpha value is -1.46. The maximum Gasteiger partial charge on any atom is 0.150 e. The Bertz CT molecular complexity index is 677. The third-order valence-electron chi connectivity index (χ3n) is 3.41. The van der Waals surface area contributed by atoms with Crippen LogP contribution in [0.5, 0.6) is 0 Å². The summed E-state index contributed by atoms with van der Waals surface area (Å²) in [6.07, 6.45) is 1.92. The number of aromatic nitrogens is 1. The van der Waals surface area contributed by atoms with Crippen molar-refractivity contribution < 1.29 is 13.5 Å². The second-order valence-corrected chi connectivity index (χ2v) is 7.28. The number of rotatable bonds is 6. The first-order valence-electron chi connectivity index (χ1n) is 6.75. The van der Waals surface area contributed by atoms with Crippen molar-refractivity contribution >= 4 is 20.7 Å². The molecule has 4 nitrogen and oxygen atoms in total. The minimum atomic E-state index is -2.96. The van der Waals surface area contributed by atoms with Crippen molar-refractivity contribution in [2.45, 2.75) is 25.9 Å².